The number of nitrogens with two attached hydrogens (primary N) is 3. The van der Waals surface area contributed by atoms with E-state index in [0.29, 0.717) is 0 Å². The molecule has 0 aliphatic rings. The van der Waals surface area contributed by atoms with Gasteiger partial charge < -0.3 is 11.5 Å². The molecule has 0 atom stereocenters. The van der Waals surface area contributed by atoms with E-state index in [4.69, 9.17) is 16.6 Å². The summed E-state index contributed by atoms with van der Waals surface area (Å²) in [6, 6.07) is 0. The molecule has 16 heavy (non-hydrogen) atoms. The molecule has 1 aromatic carbocycles. The van der Waals surface area contributed by atoms with Crippen molar-refractivity contribution in [2.75, 3.05) is 11.5 Å². The maximum absolute atomic E-state index is 12.7. The van der Waals surface area contributed by atoms with E-state index >= 15 is 0 Å². The van der Waals surface area contributed by atoms with Gasteiger partial charge in [-0.3, -0.25) is 0 Å². The zero-order valence-corrected chi connectivity index (χ0v) is 9.86. The first kappa shape index (κ1) is 12.7. The number of hydrogen-bond donors (Lipinski definition) is 3. The van der Waals surface area contributed by atoms with Gasteiger partial charge in [0.1, 0.15) is 6.67 Å². The fourth-order valence-corrected chi connectivity index (χ4v) is 2.77. The lowest BCUT2D eigenvalue weighted by Crippen LogP contribution is -2.18. The minimum atomic E-state index is -3.92. The van der Waals surface area contributed by atoms with Gasteiger partial charge in [-0.15, -0.1) is 0 Å². The summed E-state index contributed by atoms with van der Waals surface area (Å²) in [4.78, 5) is -0.125. The number of anilines is 2. The molecule has 0 amide bonds. The fraction of sp³-hybridized carbons (Fsp3) is 0.333. The Morgan fingerprint density at radius 3 is 1.75 bits per heavy atom. The maximum atomic E-state index is 12.7. The number of rotatable bonds is 2. The molecule has 0 fully saturated rings. The number of sulfonamides is 1. The Bertz CT molecular complexity index is 511. The van der Waals surface area contributed by atoms with Gasteiger partial charge in [0.2, 0.25) is 10.0 Å². The van der Waals surface area contributed by atoms with Crippen LogP contribution in [0.1, 0.15) is 16.7 Å². The second-order valence-electron chi connectivity index (χ2n) is 3.56. The largest absolute Gasteiger partial charge is 0.398 e. The molecule has 1 aromatic rings. The highest BCUT2D eigenvalue weighted by molar-refractivity contribution is 7.89. The first-order chi connectivity index (χ1) is 7.21. The van der Waals surface area contributed by atoms with Crippen LogP contribution < -0.4 is 16.6 Å². The molecule has 5 nitrogen and oxygen atoms in total. The minimum absolute atomic E-state index is 0.0367. The van der Waals surface area contributed by atoms with Gasteiger partial charge in [0, 0.05) is 16.9 Å². The van der Waals surface area contributed by atoms with Gasteiger partial charge in [-0.25, -0.2) is 17.9 Å². The van der Waals surface area contributed by atoms with Crippen LogP contribution in [0, 0.1) is 13.8 Å². The number of primary sulfonamides is 1. The second kappa shape index (κ2) is 3.91. The molecule has 7 heteroatoms. The van der Waals surface area contributed by atoms with Crippen LogP contribution in [0.25, 0.3) is 0 Å². The van der Waals surface area contributed by atoms with Crippen LogP contribution >= 0.6 is 0 Å². The lowest BCUT2D eigenvalue weighted by Gasteiger charge is -2.16. The van der Waals surface area contributed by atoms with Gasteiger partial charge in [-0.1, -0.05) is 0 Å². The van der Waals surface area contributed by atoms with Crippen molar-refractivity contribution in [3.63, 3.8) is 0 Å². The summed E-state index contributed by atoms with van der Waals surface area (Å²) in [6.45, 7) is 2.10. The zero-order chi connectivity index (χ0) is 12.7. The van der Waals surface area contributed by atoms with Crippen molar-refractivity contribution in [2.45, 2.75) is 25.4 Å². The van der Waals surface area contributed by atoms with Crippen molar-refractivity contribution >= 4 is 21.4 Å². The standard InChI is InChI=1S/C9H14FN3O2S/c1-4-7(11)6(3-10)8(12)5(2)9(4)16(13,14)15/h3,11-12H2,1-2H3,(H2,13,14,15). The van der Waals surface area contributed by atoms with Crippen LogP contribution in [0.2, 0.25) is 0 Å². The van der Waals surface area contributed by atoms with Crippen molar-refractivity contribution in [1.82, 2.24) is 0 Å². The fourth-order valence-electron chi connectivity index (χ4n) is 1.69. The molecule has 90 valence electrons. The highest BCUT2D eigenvalue weighted by Crippen LogP contribution is 2.34. The van der Waals surface area contributed by atoms with Crippen LogP contribution in [0.3, 0.4) is 0 Å². The Morgan fingerprint density at radius 2 is 1.50 bits per heavy atom. The topological polar surface area (TPSA) is 112 Å². The van der Waals surface area contributed by atoms with Gasteiger partial charge in [0.15, 0.2) is 0 Å². The van der Waals surface area contributed by atoms with E-state index in [1.807, 2.05) is 0 Å². The first-order valence-electron chi connectivity index (χ1n) is 4.47. The number of alkyl halides is 1. The van der Waals surface area contributed by atoms with Crippen LogP contribution in [0.5, 0.6) is 0 Å². The third-order valence-electron chi connectivity index (χ3n) is 2.56. The van der Waals surface area contributed by atoms with Crippen LogP contribution in [0.15, 0.2) is 4.90 Å². The number of nitrogen functional groups attached to an aromatic ring is 2. The smallest absolute Gasteiger partial charge is 0.238 e. The summed E-state index contributed by atoms with van der Waals surface area (Å²) in [6.07, 6.45) is 0. The van der Waals surface area contributed by atoms with Crippen molar-refractivity contribution in [3.8, 4) is 0 Å². The summed E-state index contributed by atoms with van der Waals surface area (Å²) in [5.41, 5.74) is 11.9. The molecule has 0 bridgehead atoms. The van der Waals surface area contributed by atoms with Crippen molar-refractivity contribution in [3.05, 3.63) is 16.7 Å². The Labute approximate surface area is 93.5 Å². The SMILES string of the molecule is Cc1c(N)c(CF)c(N)c(C)c1S(N)(=O)=O. The van der Waals surface area contributed by atoms with Crippen LogP contribution in [-0.2, 0) is 16.7 Å². The Hall–Kier alpha value is -1.34. The molecule has 0 radical (unpaired) electrons. The third-order valence-corrected chi connectivity index (χ3v) is 3.74. The summed E-state index contributed by atoms with van der Waals surface area (Å²) in [5.74, 6) is 0. The summed E-state index contributed by atoms with van der Waals surface area (Å²) in [7, 11) is -3.92. The molecular weight excluding hydrogens is 233 g/mol. The Morgan fingerprint density at radius 1 is 1.12 bits per heavy atom. The lowest BCUT2D eigenvalue weighted by molar-refractivity contribution is 0.487. The molecule has 0 aromatic heterocycles. The zero-order valence-electron chi connectivity index (χ0n) is 9.04. The second-order valence-corrected chi connectivity index (χ2v) is 5.06. The Kier molecular flexibility index (Phi) is 3.11. The van der Waals surface area contributed by atoms with E-state index in [-0.39, 0.29) is 33.0 Å². The molecular formula is C9H14FN3O2S. The first-order valence-corrected chi connectivity index (χ1v) is 6.02. The number of halogens is 1. The van der Waals surface area contributed by atoms with E-state index < -0.39 is 16.7 Å². The average Bonchev–Trinajstić information content (AvgIpc) is 2.14. The van der Waals surface area contributed by atoms with Crippen molar-refractivity contribution in [1.29, 1.82) is 0 Å². The van der Waals surface area contributed by atoms with E-state index in [1.165, 1.54) is 13.8 Å². The highest BCUT2D eigenvalue weighted by Gasteiger charge is 2.22. The van der Waals surface area contributed by atoms with E-state index in [1.54, 1.807) is 0 Å². The van der Waals surface area contributed by atoms with E-state index in [9.17, 15) is 12.8 Å². The third kappa shape index (κ3) is 1.83. The van der Waals surface area contributed by atoms with Crippen molar-refractivity contribution in [2.24, 2.45) is 5.14 Å². The molecule has 0 saturated heterocycles. The minimum Gasteiger partial charge on any atom is -0.398 e. The normalized spacial score (nSPS) is 11.8. The highest BCUT2D eigenvalue weighted by atomic mass is 32.2. The van der Waals surface area contributed by atoms with Crippen LogP contribution in [-0.4, -0.2) is 8.42 Å². The molecule has 0 spiro atoms. The van der Waals surface area contributed by atoms with Gasteiger partial charge in [0.25, 0.3) is 0 Å². The van der Waals surface area contributed by atoms with Gasteiger partial charge in [-0.2, -0.15) is 0 Å². The molecule has 0 saturated carbocycles. The van der Waals surface area contributed by atoms with Gasteiger partial charge in [0.05, 0.1) is 4.90 Å². The summed E-state index contributed by atoms with van der Waals surface area (Å²) in [5, 5.41) is 5.06. The number of benzene rings is 1. The average molecular weight is 247 g/mol. The quantitative estimate of drug-likeness (QED) is 0.663. The maximum Gasteiger partial charge on any atom is 0.238 e. The van der Waals surface area contributed by atoms with Gasteiger partial charge >= 0.3 is 0 Å². The molecule has 0 heterocycles. The van der Waals surface area contributed by atoms with Crippen molar-refractivity contribution < 1.29 is 12.8 Å². The molecule has 0 aliphatic heterocycles. The molecule has 1 rings (SSSR count). The predicted octanol–water partition coefficient (Wildman–Crippen LogP) is 0.585. The number of hydrogen-bond acceptors (Lipinski definition) is 4. The summed E-state index contributed by atoms with van der Waals surface area (Å²) < 4.78 is 35.4. The van der Waals surface area contributed by atoms with Crippen LogP contribution in [0.4, 0.5) is 15.8 Å². The molecule has 0 unspecified atom stereocenters. The van der Waals surface area contributed by atoms with E-state index in [0.717, 1.165) is 0 Å². The predicted molar refractivity (Wildman–Crippen MR) is 60.9 cm³/mol. The molecule has 6 N–H and O–H groups in total. The van der Waals surface area contributed by atoms with Gasteiger partial charge in [-0.05, 0) is 25.0 Å². The Balaban J connectivity index is 3.82. The molecule has 0 aliphatic carbocycles. The lowest BCUT2D eigenvalue weighted by atomic mass is 10.0. The summed E-state index contributed by atoms with van der Waals surface area (Å²) >= 11 is 0. The van der Waals surface area contributed by atoms with E-state index in [2.05, 4.69) is 0 Å². The monoisotopic (exact) mass is 247 g/mol.